The van der Waals surface area contributed by atoms with Crippen molar-refractivity contribution in [3.63, 3.8) is 0 Å². The van der Waals surface area contributed by atoms with Crippen LogP contribution in [0.1, 0.15) is 24.1 Å². The van der Waals surface area contributed by atoms with E-state index in [1.165, 1.54) is 11.1 Å². The predicted molar refractivity (Wildman–Crippen MR) is 86.0 cm³/mol. The zero-order chi connectivity index (χ0) is 13.7. The Morgan fingerprint density at radius 2 is 1.74 bits per heavy atom. The minimum Gasteiger partial charge on any atom is -0.306 e. The van der Waals surface area contributed by atoms with E-state index in [4.69, 9.17) is 0 Å². The summed E-state index contributed by atoms with van der Waals surface area (Å²) in [6, 6.07) is 19.0. The molecule has 0 aliphatic rings. The second-order valence-corrected chi connectivity index (χ2v) is 5.54. The lowest BCUT2D eigenvalue weighted by atomic mass is 10.1. The standard InChI is InChI=1S/C17H18BrN/c1-13(15-6-4-3-5-7-15)12-19-14(2)16-8-10-17(18)11-9-16/h3-11,14,19H,1,12H2,2H3/t14-/m1/s1. The fourth-order valence-electron chi connectivity index (χ4n) is 1.92. The Kier molecular flexibility index (Phi) is 4.94. The Balaban J connectivity index is 1.92. The average molecular weight is 316 g/mol. The summed E-state index contributed by atoms with van der Waals surface area (Å²) in [5.41, 5.74) is 3.59. The maximum absolute atomic E-state index is 4.13. The summed E-state index contributed by atoms with van der Waals surface area (Å²) in [5.74, 6) is 0. The van der Waals surface area contributed by atoms with Gasteiger partial charge in [0, 0.05) is 17.1 Å². The first-order valence-electron chi connectivity index (χ1n) is 6.39. The van der Waals surface area contributed by atoms with Crippen LogP contribution in [-0.2, 0) is 0 Å². The Hall–Kier alpha value is -1.38. The average Bonchev–Trinajstić information content (AvgIpc) is 2.46. The molecule has 1 nitrogen and oxygen atoms in total. The fourth-order valence-corrected chi connectivity index (χ4v) is 2.19. The summed E-state index contributed by atoms with van der Waals surface area (Å²) in [4.78, 5) is 0. The van der Waals surface area contributed by atoms with E-state index in [0.717, 1.165) is 16.6 Å². The summed E-state index contributed by atoms with van der Waals surface area (Å²) in [7, 11) is 0. The summed E-state index contributed by atoms with van der Waals surface area (Å²) in [6.07, 6.45) is 0. The molecule has 1 N–H and O–H groups in total. The number of rotatable bonds is 5. The van der Waals surface area contributed by atoms with Crippen molar-refractivity contribution >= 4 is 21.5 Å². The van der Waals surface area contributed by atoms with Crippen molar-refractivity contribution in [3.8, 4) is 0 Å². The highest BCUT2D eigenvalue weighted by atomic mass is 79.9. The van der Waals surface area contributed by atoms with Crippen molar-refractivity contribution in [2.75, 3.05) is 6.54 Å². The molecule has 0 saturated carbocycles. The molecule has 2 aromatic rings. The molecule has 2 aromatic carbocycles. The van der Waals surface area contributed by atoms with Gasteiger partial charge in [-0.2, -0.15) is 0 Å². The van der Waals surface area contributed by atoms with Crippen LogP contribution in [0.4, 0.5) is 0 Å². The van der Waals surface area contributed by atoms with Crippen LogP contribution in [0.2, 0.25) is 0 Å². The Morgan fingerprint density at radius 1 is 1.11 bits per heavy atom. The highest BCUT2D eigenvalue weighted by molar-refractivity contribution is 9.10. The van der Waals surface area contributed by atoms with E-state index >= 15 is 0 Å². The van der Waals surface area contributed by atoms with Gasteiger partial charge in [0.2, 0.25) is 0 Å². The van der Waals surface area contributed by atoms with E-state index in [0.29, 0.717) is 6.04 Å². The normalized spacial score (nSPS) is 12.1. The van der Waals surface area contributed by atoms with Gasteiger partial charge in [-0.25, -0.2) is 0 Å². The van der Waals surface area contributed by atoms with Gasteiger partial charge in [-0.1, -0.05) is 65.0 Å². The SMILES string of the molecule is C=C(CN[C@H](C)c1ccc(Br)cc1)c1ccccc1. The van der Waals surface area contributed by atoms with Crippen LogP contribution >= 0.6 is 15.9 Å². The first-order chi connectivity index (χ1) is 9.16. The lowest BCUT2D eigenvalue weighted by Crippen LogP contribution is -2.20. The number of benzene rings is 2. The molecule has 0 unspecified atom stereocenters. The van der Waals surface area contributed by atoms with Crippen LogP contribution in [0.3, 0.4) is 0 Å². The van der Waals surface area contributed by atoms with Crippen LogP contribution in [0.5, 0.6) is 0 Å². The summed E-state index contributed by atoms with van der Waals surface area (Å²) in [5, 5.41) is 3.50. The third-order valence-electron chi connectivity index (χ3n) is 3.17. The smallest absolute Gasteiger partial charge is 0.0294 e. The van der Waals surface area contributed by atoms with E-state index in [2.05, 4.69) is 71.1 Å². The molecule has 19 heavy (non-hydrogen) atoms. The lowest BCUT2D eigenvalue weighted by molar-refractivity contribution is 0.622. The Morgan fingerprint density at radius 3 is 2.37 bits per heavy atom. The van der Waals surface area contributed by atoms with Crippen LogP contribution < -0.4 is 5.32 Å². The molecule has 2 rings (SSSR count). The first kappa shape index (κ1) is 14.0. The van der Waals surface area contributed by atoms with Crippen molar-refractivity contribution in [2.24, 2.45) is 0 Å². The van der Waals surface area contributed by atoms with Gasteiger partial charge in [-0.05, 0) is 35.8 Å². The maximum Gasteiger partial charge on any atom is 0.0294 e. The van der Waals surface area contributed by atoms with Gasteiger partial charge in [0.25, 0.3) is 0 Å². The van der Waals surface area contributed by atoms with E-state index in [1.807, 2.05) is 18.2 Å². The zero-order valence-corrected chi connectivity index (χ0v) is 12.7. The predicted octanol–water partition coefficient (Wildman–Crippen LogP) is 4.81. The molecular formula is C17H18BrN. The molecular weight excluding hydrogens is 298 g/mol. The molecule has 0 aliphatic carbocycles. The van der Waals surface area contributed by atoms with Crippen LogP contribution in [0.25, 0.3) is 5.57 Å². The Labute approximate surface area is 123 Å². The molecule has 0 saturated heterocycles. The monoisotopic (exact) mass is 315 g/mol. The maximum atomic E-state index is 4.13. The number of hydrogen-bond donors (Lipinski definition) is 1. The van der Waals surface area contributed by atoms with Gasteiger partial charge in [0.05, 0.1) is 0 Å². The zero-order valence-electron chi connectivity index (χ0n) is 11.1. The number of halogens is 1. The quantitative estimate of drug-likeness (QED) is 0.834. The van der Waals surface area contributed by atoms with E-state index in [1.54, 1.807) is 0 Å². The van der Waals surface area contributed by atoms with Crippen molar-refractivity contribution in [2.45, 2.75) is 13.0 Å². The van der Waals surface area contributed by atoms with Gasteiger partial charge in [0.15, 0.2) is 0 Å². The van der Waals surface area contributed by atoms with Crippen LogP contribution in [0, 0.1) is 0 Å². The van der Waals surface area contributed by atoms with E-state index in [-0.39, 0.29) is 0 Å². The minimum absolute atomic E-state index is 0.313. The van der Waals surface area contributed by atoms with Gasteiger partial charge in [-0.3, -0.25) is 0 Å². The number of hydrogen-bond acceptors (Lipinski definition) is 1. The molecule has 0 amide bonds. The first-order valence-corrected chi connectivity index (χ1v) is 7.18. The molecule has 0 aromatic heterocycles. The molecule has 0 heterocycles. The highest BCUT2D eigenvalue weighted by Gasteiger charge is 2.05. The molecule has 0 radical (unpaired) electrons. The molecule has 1 atom stereocenters. The Bertz CT molecular complexity index is 531. The van der Waals surface area contributed by atoms with Gasteiger partial charge in [0.1, 0.15) is 0 Å². The highest BCUT2D eigenvalue weighted by Crippen LogP contribution is 2.17. The lowest BCUT2D eigenvalue weighted by Gasteiger charge is -2.15. The molecule has 0 bridgehead atoms. The van der Waals surface area contributed by atoms with Crippen molar-refractivity contribution in [1.82, 2.24) is 5.32 Å². The van der Waals surface area contributed by atoms with Gasteiger partial charge in [-0.15, -0.1) is 0 Å². The molecule has 98 valence electrons. The second-order valence-electron chi connectivity index (χ2n) is 4.62. The molecule has 0 spiro atoms. The minimum atomic E-state index is 0.313. The van der Waals surface area contributed by atoms with E-state index in [9.17, 15) is 0 Å². The van der Waals surface area contributed by atoms with Crippen LogP contribution in [0.15, 0.2) is 65.6 Å². The number of nitrogens with one attached hydrogen (secondary N) is 1. The summed E-state index contributed by atoms with van der Waals surface area (Å²) >= 11 is 3.45. The van der Waals surface area contributed by atoms with Crippen molar-refractivity contribution in [3.05, 3.63) is 76.8 Å². The fraction of sp³-hybridized carbons (Fsp3) is 0.176. The topological polar surface area (TPSA) is 12.0 Å². The third kappa shape index (κ3) is 4.05. The third-order valence-corrected chi connectivity index (χ3v) is 3.70. The second kappa shape index (κ2) is 6.69. The molecule has 0 aliphatic heterocycles. The van der Waals surface area contributed by atoms with Crippen LogP contribution in [-0.4, -0.2) is 6.54 Å². The van der Waals surface area contributed by atoms with Crippen molar-refractivity contribution < 1.29 is 0 Å². The summed E-state index contributed by atoms with van der Waals surface area (Å²) < 4.78 is 1.11. The van der Waals surface area contributed by atoms with E-state index < -0.39 is 0 Å². The summed E-state index contributed by atoms with van der Waals surface area (Å²) in [6.45, 7) is 7.10. The van der Waals surface area contributed by atoms with Gasteiger partial charge >= 0.3 is 0 Å². The molecule has 0 fully saturated rings. The van der Waals surface area contributed by atoms with Crippen molar-refractivity contribution in [1.29, 1.82) is 0 Å². The largest absolute Gasteiger partial charge is 0.306 e. The molecule has 2 heteroatoms. The van der Waals surface area contributed by atoms with Gasteiger partial charge < -0.3 is 5.32 Å².